The zero-order chi connectivity index (χ0) is 25.1. The molecule has 6 nitrogen and oxygen atoms in total. The molecule has 0 saturated heterocycles. The van der Waals surface area contributed by atoms with E-state index in [0.717, 1.165) is 22.9 Å². The molecule has 3 aromatic rings. The normalized spacial score (nSPS) is 11.0. The summed E-state index contributed by atoms with van der Waals surface area (Å²) < 4.78 is 0.757. The van der Waals surface area contributed by atoms with Crippen molar-refractivity contribution in [3.05, 3.63) is 69.8 Å². The Bertz CT molecular complexity index is 1170. The topological polar surface area (TPSA) is 85.4 Å². The number of benzene rings is 2. The fraction of sp³-hybridized carbons (Fsp3) is 0.333. The lowest BCUT2D eigenvalue weighted by molar-refractivity contribution is 0.101. The van der Waals surface area contributed by atoms with E-state index in [2.05, 4.69) is 69.4 Å². The molecule has 1 unspecified atom stereocenters. The first-order valence-electron chi connectivity index (χ1n) is 11.2. The number of nitrogens with one attached hydrogen (secondary N) is 2. The van der Waals surface area contributed by atoms with Gasteiger partial charge in [-0.15, -0.1) is 0 Å². The number of ketones is 1. The molecule has 0 radical (unpaired) electrons. The summed E-state index contributed by atoms with van der Waals surface area (Å²) in [6, 6.07) is 13.5. The molecule has 180 valence electrons. The lowest BCUT2D eigenvalue weighted by Gasteiger charge is -2.11. The van der Waals surface area contributed by atoms with E-state index in [0.29, 0.717) is 18.0 Å². The number of halogens is 1. The Hall–Kier alpha value is -3.08. The predicted molar refractivity (Wildman–Crippen MR) is 141 cm³/mol. The van der Waals surface area contributed by atoms with E-state index in [4.69, 9.17) is 0 Å². The van der Waals surface area contributed by atoms with E-state index < -0.39 is 0 Å². The van der Waals surface area contributed by atoms with E-state index in [1.165, 1.54) is 28.3 Å². The number of amides is 2. The van der Waals surface area contributed by atoms with Crippen LogP contribution in [-0.2, 0) is 6.42 Å². The number of para-hydroxylation sites is 1. The number of H-pyrrole nitrogens is 1. The van der Waals surface area contributed by atoms with Crippen molar-refractivity contribution in [2.24, 2.45) is 5.92 Å². The lowest BCUT2D eigenvalue weighted by Crippen LogP contribution is -2.34. The third-order valence-corrected chi connectivity index (χ3v) is 6.17. The van der Waals surface area contributed by atoms with Crippen molar-refractivity contribution in [2.45, 2.75) is 26.7 Å². The minimum atomic E-state index is -0.186. The number of aromatic amines is 1. The van der Waals surface area contributed by atoms with Crippen LogP contribution in [0.4, 0.5) is 4.79 Å². The first-order chi connectivity index (χ1) is 16.3. The molecule has 1 aromatic heterocycles. The van der Waals surface area contributed by atoms with Gasteiger partial charge in [-0.3, -0.25) is 4.79 Å². The number of Topliss-reactive ketones (excluding diaryl/α,β-unsaturated/α-hetero) is 1. The van der Waals surface area contributed by atoms with Crippen LogP contribution in [0.3, 0.4) is 0 Å². The first kappa shape index (κ1) is 27.2. The summed E-state index contributed by atoms with van der Waals surface area (Å²) in [5.74, 6) is 6.19. The van der Waals surface area contributed by atoms with Crippen LogP contribution in [0.25, 0.3) is 10.9 Å². The number of hydrogen-bond acceptors (Lipinski definition) is 3. The number of carbonyl (C=O) groups is 2. The molecule has 1 heterocycles. The summed E-state index contributed by atoms with van der Waals surface area (Å²) in [6.07, 6.45) is 4.04. The quantitative estimate of drug-likeness (QED) is 0.312. The van der Waals surface area contributed by atoms with Gasteiger partial charge in [0.15, 0.2) is 5.78 Å². The number of aromatic nitrogens is 1. The molecule has 2 amide bonds. The molecule has 2 aromatic carbocycles. The van der Waals surface area contributed by atoms with Gasteiger partial charge in [-0.1, -0.05) is 59.3 Å². The maximum absolute atomic E-state index is 11.4. The second kappa shape index (κ2) is 13.6. The van der Waals surface area contributed by atoms with Gasteiger partial charge in [0, 0.05) is 53.4 Å². The van der Waals surface area contributed by atoms with Crippen molar-refractivity contribution in [1.29, 1.82) is 0 Å². The van der Waals surface area contributed by atoms with E-state index in [-0.39, 0.29) is 18.4 Å². The number of hydrogen-bond donors (Lipinski definition) is 3. The number of fused-ring (bicyclic) bond motifs is 1. The Kier molecular flexibility index (Phi) is 10.9. The van der Waals surface area contributed by atoms with Gasteiger partial charge in [-0.05, 0) is 49.1 Å². The van der Waals surface area contributed by atoms with Crippen LogP contribution in [0.5, 0.6) is 0 Å². The largest absolute Gasteiger partial charge is 0.396 e. The lowest BCUT2D eigenvalue weighted by atomic mass is 9.97. The first-order valence-corrected chi connectivity index (χ1v) is 12.0. The highest BCUT2D eigenvalue weighted by molar-refractivity contribution is 9.10. The van der Waals surface area contributed by atoms with E-state index in [9.17, 15) is 14.7 Å². The SMILES string of the molecule is CCC(CO)Cc1c[nH]c2ccccc12.CNC(=O)N(C)CC#Cc1ccc(Br)c(C(C)=O)c1. The van der Waals surface area contributed by atoms with Gasteiger partial charge < -0.3 is 20.3 Å². The van der Waals surface area contributed by atoms with Crippen LogP contribution in [0.15, 0.2) is 53.1 Å². The smallest absolute Gasteiger partial charge is 0.317 e. The zero-order valence-corrected chi connectivity index (χ0v) is 21.7. The second-order valence-electron chi connectivity index (χ2n) is 7.98. The standard InChI is InChI=1S/C14H15BrN2O2.C13H17NO/c1-10(18)12-9-11(6-7-13(12)15)5-4-8-17(3)14(19)16-2;1-2-10(9-15)7-11-8-14-13-6-4-3-5-12(11)13/h6-7,9H,8H2,1-3H3,(H,16,19);3-6,8,10,14-15H,2,7,9H2,1H3. The van der Waals surface area contributed by atoms with Gasteiger partial charge in [0.05, 0.1) is 6.54 Å². The number of aliphatic hydroxyl groups is 1. The van der Waals surface area contributed by atoms with Crippen LogP contribution in [0.1, 0.15) is 41.8 Å². The molecule has 7 heteroatoms. The van der Waals surface area contributed by atoms with Crippen LogP contribution in [0, 0.1) is 17.8 Å². The Morgan fingerprint density at radius 1 is 1.24 bits per heavy atom. The van der Waals surface area contributed by atoms with Crippen LogP contribution in [0.2, 0.25) is 0 Å². The van der Waals surface area contributed by atoms with Gasteiger partial charge in [-0.2, -0.15) is 0 Å². The van der Waals surface area contributed by atoms with Gasteiger partial charge in [-0.25, -0.2) is 4.79 Å². The molecule has 0 fully saturated rings. The van der Waals surface area contributed by atoms with Crippen LogP contribution < -0.4 is 5.32 Å². The summed E-state index contributed by atoms with van der Waals surface area (Å²) in [5, 5.41) is 13.0. The Balaban J connectivity index is 0.000000246. The van der Waals surface area contributed by atoms with E-state index >= 15 is 0 Å². The number of aliphatic hydroxyl groups excluding tert-OH is 1. The predicted octanol–water partition coefficient (Wildman–Crippen LogP) is 5.00. The molecule has 0 aliphatic rings. The third-order valence-electron chi connectivity index (χ3n) is 5.47. The number of carbonyl (C=O) groups excluding carboxylic acids is 2. The van der Waals surface area contributed by atoms with Crippen molar-refractivity contribution >= 4 is 38.6 Å². The summed E-state index contributed by atoms with van der Waals surface area (Å²) in [6.45, 7) is 4.23. The van der Waals surface area contributed by atoms with Crippen LogP contribution in [-0.4, -0.2) is 54.1 Å². The average molecular weight is 526 g/mol. The molecule has 0 bridgehead atoms. The van der Waals surface area contributed by atoms with Crippen LogP contribution >= 0.6 is 15.9 Å². The van der Waals surface area contributed by atoms with Crippen molar-refractivity contribution < 1.29 is 14.7 Å². The summed E-state index contributed by atoms with van der Waals surface area (Å²) in [5.41, 5.74) is 3.84. The molecule has 0 saturated carbocycles. The monoisotopic (exact) mass is 525 g/mol. The second-order valence-corrected chi connectivity index (χ2v) is 8.84. The average Bonchev–Trinajstić information content (AvgIpc) is 3.25. The van der Waals surface area contributed by atoms with Gasteiger partial charge in [0.1, 0.15) is 0 Å². The molecule has 0 aliphatic heterocycles. The summed E-state index contributed by atoms with van der Waals surface area (Å²) >= 11 is 3.32. The van der Waals surface area contributed by atoms with E-state index in [1.54, 1.807) is 26.2 Å². The third kappa shape index (κ3) is 7.75. The van der Waals surface area contributed by atoms with Crippen molar-refractivity contribution in [3.63, 3.8) is 0 Å². The molecule has 0 aliphatic carbocycles. The molecular weight excluding hydrogens is 494 g/mol. The Morgan fingerprint density at radius 2 is 1.97 bits per heavy atom. The minimum absolute atomic E-state index is 0.0157. The molecule has 3 N–H and O–H groups in total. The van der Waals surface area contributed by atoms with Gasteiger partial charge in [0.2, 0.25) is 0 Å². The fourth-order valence-electron chi connectivity index (χ4n) is 3.35. The maximum atomic E-state index is 11.4. The maximum Gasteiger partial charge on any atom is 0.317 e. The zero-order valence-electron chi connectivity index (χ0n) is 20.1. The highest BCUT2D eigenvalue weighted by atomic mass is 79.9. The Labute approximate surface area is 209 Å². The van der Waals surface area contributed by atoms with Gasteiger partial charge in [0.25, 0.3) is 0 Å². The van der Waals surface area contributed by atoms with Crippen molar-refractivity contribution in [1.82, 2.24) is 15.2 Å². The van der Waals surface area contributed by atoms with Crippen molar-refractivity contribution in [2.75, 3.05) is 27.2 Å². The highest BCUT2D eigenvalue weighted by Gasteiger charge is 2.09. The Morgan fingerprint density at radius 3 is 2.62 bits per heavy atom. The number of urea groups is 1. The molecular formula is C27H32BrN3O3. The van der Waals surface area contributed by atoms with Crippen molar-refractivity contribution in [3.8, 4) is 11.8 Å². The minimum Gasteiger partial charge on any atom is -0.396 e. The summed E-state index contributed by atoms with van der Waals surface area (Å²) in [4.78, 5) is 27.4. The number of rotatable bonds is 6. The summed E-state index contributed by atoms with van der Waals surface area (Å²) in [7, 11) is 3.23. The fourth-order valence-corrected chi connectivity index (χ4v) is 3.87. The molecule has 0 spiro atoms. The van der Waals surface area contributed by atoms with Gasteiger partial charge >= 0.3 is 6.03 Å². The molecule has 3 rings (SSSR count). The molecule has 1 atom stereocenters. The van der Waals surface area contributed by atoms with E-state index in [1.807, 2.05) is 12.1 Å². The number of nitrogens with zero attached hydrogens (tertiary/aromatic N) is 1. The molecule has 34 heavy (non-hydrogen) atoms. The highest BCUT2D eigenvalue weighted by Crippen LogP contribution is 2.21.